The van der Waals surface area contributed by atoms with Gasteiger partial charge in [0.05, 0.1) is 19.1 Å². The molecule has 1 aliphatic rings. The number of carboxylic acid groups (broad SMARTS) is 1. The summed E-state index contributed by atoms with van der Waals surface area (Å²) < 4.78 is 10.8. The molecule has 1 amide bonds. The molecule has 0 aromatic heterocycles. The Morgan fingerprint density at radius 3 is 2.67 bits per heavy atom. The number of hydrogen-bond donors (Lipinski definition) is 2. The van der Waals surface area contributed by atoms with Crippen molar-refractivity contribution in [1.29, 1.82) is 0 Å². The number of carboxylic acids is 1. The second kappa shape index (κ2) is 7.86. The Kier molecular flexibility index (Phi) is 5.84. The third kappa shape index (κ3) is 4.50. The summed E-state index contributed by atoms with van der Waals surface area (Å²) in [4.78, 5) is 23.0. The van der Waals surface area contributed by atoms with Gasteiger partial charge >= 0.3 is 5.97 Å². The standard InChI is InChI=1S/C18H23NO5/c1-3-5-13-6-7-14(15(10-13)23-2)24-12-16(20)19-18(8-4-9-18)11-17(21)22/h3,6-7,10H,1,4-5,8-9,11-12H2,2H3,(H,19,20)(H,21,22). The van der Waals surface area contributed by atoms with Crippen LogP contribution in [0.1, 0.15) is 31.2 Å². The van der Waals surface area contributed by atoms with E-state index < -0.39 is 11.5 Å². The number of benzene rings is 1. The van der Waals surface area contributed by atoms with Crippen molar-refractivity contribution in [3.63, 3.8) is 0 Å². The van der Waals surface area contributed by atoms with Crippen LogP contribution < -0.4 is 14.8 Å². The third-order valence-corrected chi connectivity index (χ3v) is 4.17. The lowest BCUT2D eigenvalue weighted by atomic mass is 9.74. The van der Waals surface area contributed by atoms with Crippen molar-refractivity contribution in [3.8, 4) is 11.5 Å². The summed E-state index contributed by atoms with van der Waals surface area (Å²) in [7, 11) is 1.54. The molecule has 0 radical (unpaired) electrons. The van der Waals surface area contributed by atoms with E-state index in [0.717, 1.165) is 18.4 Å². The van der Waals surface area contributed by atoms with E-state index in [-0.39, 0.29) is 18.9 Å². The van der Waals surface area contributed by atoms with Crippen LogP contribution >= 0.6 is 0 Å². The van der Waals surface area contributed by atoms with Gasteiger partial charge in [0.15, 0.2) is 18.1 Å². The zero-order valence-electron chi connectivity index (χ0n) is 13.8. The van der Waals surface area contributed by atoms with Crippen LogP contribution in [0.25, 0.3) is 0 Å². The van der Waals surface area contributed by atoms with Crippen LogP contribution in [0.3, 0.4) is 0 Å². The number of carbonyl (C=O) groups excluding carboxylic acids is 1. The minimum absolute atomic E-state index is 0.0572. The van der Waals surface area contributed by atoms with Crippen LogP contribution in [-0.4, -0.2) is 36.2 Å². The number of aliphatic carboxylic acids is 1. The number of rotatable bonds is 9. The SMILES string of the molecule is C=CCc1ccc(OCC(=O)NC2(CC(=O)O)CCC2)c(OC)c1. The van der Waals surface area contributed by atoms with E-state index >= 15 is 0 Å². The largest absolute Gasteiger partial charge is 0.493 e. The van der Waals surface area contributed by atoms with Crippen LogP contribution in [0.4, 0.5) is 0 Å². The number of hydrogen-bond acceptors (Lipinski definition) is 4. The summed E-state index contributed by atoms with van der Waals surface area (Å²) in [5, 5.41) is 11.8. The molecule has 0 atom stereocenters. The number of methoxy groups -OCH3 is 1. The summed E-state index contributed by atoms with van der Waals surface area (Å²) in [6.07, 6.45) is 4.75. The Morgan fingerprint density at radius 1 is 1.38 bits per heavy atom. The minimum Gasteiger partial charge on any atom is -0.493 e. The highest BCUT2D eigenvalue weighted by atomic mass is 16.5. The van der Waals surface area contributed by atoms with Crippen molar-refractivity contribution in [2.45, 2.75) is 37.6 Å². The molecule has 0 bridgehead atoms. The maximum absolute atomic E-state index is 12.1. The molecule has 0 heterocycles. The summed E-state index contributed by atoms with van der Waals surface area (Å²) in [6, 6.07) is 5.48. The van der Waals surface area contributed by atoms with Crippen molar-refractivity contribution in [2.24, 2.45) is 0 Å². The lowest BCUT2D eigenvalue weighted by Crippen LogP contribution is -2.55. The molecule has 1 aromatic rings. The van der Waals surface area contributed by atoms with Gasteiger partial charge in [-0.25, -0.2) is 0 Å². The molecule has 0 spiro atoms. The van der Waals surface area contributed by atoms with Crippen molar-refractivity contribution in [3.05, 3.63) is 36.4 Å². The summed E-state index contributed by atoms with van der Waals surface area (Å²) in [5.41, 5.74) is 0.415. The van der Waals surface area contributed by atoms with Gasteiger partial charge in [0.25, 0.3) is 5.91 Å². The van der Waals surface area contributed by atoms with E-state index in [4.69, 9.17) is 14.6 Å². The molecule has 130 valence electrons. The molecule has 24 heavy (non-hydrogen) atoms. The van der Waals surface area contributed by atoms with E-state index in [0.29, 0.717) is 24.3 Å². The molecular formula is C18H23NO5. The van der Waals surface area contributed by atoms with Crippen molar-refractivity contribution in [2.75, 3.05) is 13.7 Å². The normalized spacial score (nSPS) is 15.0. The molecule has 1 fully saturated rings. The lowest BCUT2D eigenvalue weighted by molar-refractivity contribution is -0.140. The summed E-state index contributed by atoms with van der Waals surface area (Å²) in [6.45, 7) is 3.51. The number of nitrogens with one attached hydrogen (secondary N) is 1. The maximum atomic E-state index is 12.1. The second-order valence-corrected chi connectivity index (χ2v) is 6.02. The number of carbonyl (C=O) groups is 2. The fourth-order valence-corrected chi connectivity index (χ4v) is 2.84. The van der Waals surface area contributed by atoms with Gasteiger partial charge in [-0.3, -0.25) is 9.59 Å². The Balaban J connectivity index is 1.93. The molecule has 2 rings (SSSR count). The van der Waals surface area contributed by atoms with E-state index in [1.165, 1.54) is 7.11 Å². The zero-order chi connectivity index (χ0) is 17.6. The van der Waals surface area contributed by atoms with Gasteiger partial charge in [0.1, 0.15) is 0 Å². The van der Waals surface area contributed by atoms with E-state index in [2.05, 4.69) is 11.9 Å². The van der Waals surface area contributed by atoms with E-state index in [1.54, 1.807) is 12.1 Å². The maximum Gasteiger partial charge on any atom is 0.305 e. The minimum atomic E-state index is -0.907. The highest BCUT2D eigenvalue weighted by molar-refractivity contribution is 5.80. The second-order valence-electron chi connectivity index (χ2n) is 6.02. The first kappa shape index (κ1) is 17.8. The van der Waals surface area contributed by atoms with Gasteiger partial charge in [-0.05, 0) is 43.4 Å². The predicted molar refractivity (Wildman–Crippen MR) is 89.4 cm³/mol. The number of amides is 1. The van der Waals surface area contributed by atoms with Crippen LogP contribution in [0.2, 0.25) is 0 Å². The van der Waals surface area contributed by atoms with E-state index in [1.807, 2.05) is 12.1 Å². The molecule has 6 heteroatoms. The van der Waals surface area contributed by atoms with Crippen LogP contribution in [-0.2, 0) is 16.0 Å². The smallest absolute Gasteiger partial charge is 0.305 e. The number of ether oxygens (including phenoxy) is 2. The fourth-order valence-electron chi connectivity index (χ4n) is 2.84. The van der Waals surface area contributed by atoms with Crippen LogP contribution in [0.5, 0.6) is 11.5 Å². The molecule has 2 N–H and O–H groups in total. The topological polar surface area (TPSA) is 84.9 Å². The van der Waals surface area contributed by atoms with Gasteiger partial charge in [0.2, 0.25) is 0 Å². The molecule has 1 aromatic carbocycles. The first-order valence-electron chi connectivity index (χ1n) is 7.91. The van der Waals surface area contributed by atoms with Crippen LogP contribution in [0, 0.1) is 0 Å². The highest BCUT2D eigenvalue weighted by Gasteiger charge is 2.40. The number of allylic oxidation sites excluding steroid dienone is 1. The Morgan fingerprint density at radius 2 is 2.12 bits per heavy atom. The van der Waals surface area contributed by atoms with Crippen molar-refractivity contribution in [1.82, 2.24) is 5.32 Å². The Labute approximate surface area is 141 Å². The molecule has 0 unspecified atom stereocenters. The fraction of sp³-hybridized carbons (Fsp3) is 0.444. The molecule has 1 aliphatic carbocycles. The molecule has 6 nitrogen and oxygen atoms in total. The quantitative estimate of drug-likeness (QED) is 0.678. The van der Waals surface area contributed by atoms with Crippen LogP contribution in [0.15, 0.2) is 30.9 Å². The van der Waals surface area contributed by atoms with Gasteiger partial charge < -0.3 is 19.9 Å². The molecule has 0 aliphatic heterocycles. The van der Waals surface area contributed by atoms with E-state index in [9.17, 15) is 9.59 Å². The highest BCUT2D eigenvalue weighted by Crippen LogP contribution is 2.35. The first-order chi connectivity index (χ1) is 11.5. The lowest BCUT2D eigenvalue weighted by Gasteiger charge is -2.41. The summed E-state index contributed by atoms with van der Waals surface area (Å²) in [5.74, 6) is -0.212. The average Bonchev–Trinajstić information content (AvgIpc) is 2.51. The monoisotopic (exact) mass is 333 g/mol. The van der Waals surface area contributed by atoms with Gasteiger partial charge in [-0.15, -0.1) is 6.58 Å². The van der Waals surface area contributed by atoms with Gasteiger partial charge in [-0.2, -0.15) is 0 Å². The van der Waals surface area contributed by atoms with Gasteiger partial charge in [0, 0.05) is 0 Å². The molecule has 0 saturated heterocycles. The average molecular weight is 333 g/mol. The Bertz CT molecular complexity index is 622. The van der Waals surface area contributed by atoms with Gasteiger partial charge in [-0.1, -0.05) is 12.1 Å². The first-order valence-corrected chi connectivity index (χ1v) is 7.91. The third-order valence-electron chi connectivity index (χ3n) is 4.17. The van der Waals surface area contributed by atoms with Crippen molar-refractivity contribution >= 4 is 11.9 Å². The molecule has 1 saturated carbocycles. The predicted octanol–water partition coefficient (Wildman–Crippen LogP) is 2.32. The molecular weight excluding hydrogens is 310 g/mol. The summed E-state index contributed by atoms with van der Waals surface area (Å²) >= 11 is 0. The Hall–Kier alpha value is -2.50. The zero-order valence-corrected chi connectivity index (χ0v) is 13.8. The van der Waals surface area contributed by atoms with Crippen molar-refractivity contribution < 1.29 is 24.2 Å².